The molecule has 0 saturated carbocycles. The van der Waals surface area contributed by atoms with Crippen LogP contribution in [0.4, 0.5) is 0 Å². The lowest BCUT2D eigenvalue weighted by atomic mass is 10.1. The quantitative estimate of drug-likeness (QED) is 0.615. The van der Waals surface area contributed by atoms with Crippen LogP contribution in [-0.4, -0.2) is 30.9 Å². The molecule has 0 radical (unpaired) electrons. The second-order valence-electron chi connectivity index (χ2n) is 4.05. The smallest absolute Gasteiger partial charge is 0.231 e. The monoisotopic (exact) mass is 252 g/mol. The van der Waals surface area contributed by atoms with Crippen LogP contribution in [0.25, 0.3) is 0 Å². The average molecular weight is 252 g/mol. The standard InChI is InChI=1S/C12H16N2O4/c13-12(16)3-4-14-6-9(15)8-1-2-10-11(5-8)18-7-17-10/h1-2,5,9,14-15H,3-4,6-7H2,(H2,13,16). The Bertz CT molecular complexity index is 436. The van der Waals surface area contributed by atoms with Gasteiger partial charge >= 0.3 is 0 Å². The fourth-order valence-electron chi connectivity index (χ4n) is 1.69. The van der Waals surface area contributed by atoms with Gasteiger partial charge in [-0.25, -0.2) is 0 Å². The molecule has 98 valence electrons. The van der Waals surface area contributed by atoms with Gasteiger partial charge in [0.2, 0.25) is 12.7 Å². The maximum Gasteiger partial charge on any atom is 0.231 e. The van der Waals surface area contributed by atoms with E-state index in [2.05, 4.69) is 5.32 Å². The molecule has 1 aromatic rings. The van der Waals surface area contributed by atoms with Gasteiger partial charge < -0.3 is 25.6 Å². The predicted molar refractivity (Wildman–Crippen MR) is 64.2 cm³/mol. The van der Waals surface area contributed by atoms with E-state index in [0.717, 1.165) is 5.56 Å². The van der Waals surface area contributed by atoms with Gasteiger partial charge in [0.05, 0.1) is 6.10 Å². The molecule has 1 aliphatic heterocycles. The average Bonchev–Trinajstić information content (AvgIpc) is 2.81. The van der Waals surface area contributed by atoms with E-state index < -0.39 is 6.10 Å². The Balaban J connectivity index is 1.85. The Morgan fingerprint density at radius 2 is 2.22 bits per heavy atom. The van der Waals surface area contributed by atoms with Gasteiger partial charge in [0.1, 0.15) is 0 Å². The number of carbonyl (C=O) groups is 1. The van der Waals surface area contributed by atoms with Gasteiger partial charge in [-0.05, 0) is 17.7 Å². The summed E-state index contributed by atoms with van der Waals surface area (Å²) in [6.45, 7) is 1.02. The molecule has 6 nitrogen and oxygen atoms in total. The molecule has 2 rings (SSSR count). The lowest BCUT2D eigenvalue weighted by Gasteiger charge is -2.12. The summed E-state index contributed by atoms with van der Waals surface area (Å²) in [4.78, 5) is 10.5. The van der Waals surface area contributed by atoms with E-state index in [-0.39, 0.29) is 19.1 Å². The van der Waals surface area contributed by atoms with Gasteiger partial charge in [0, 0.05) is 19.5 Å². The molecule has 1 aliphatic rings. The van der Waals surface area contributed by atoms with Crippen LogP contribution >= 0.6 is 0 Å². The highest BCUT2D eigenvalue weighted by Gasteiger charge is 2.16. The maximum absolute atomic E-state index is 10.5. The van der Waals surface area contributed by atoms with Crippen LogP contribution in [0.15, 0.2) is 18.2 Å². The van der Waals surface area contributed by atoms with E-state index >= 15 is 0 Å². The Labute approximate surface area is 105 Å². The van der Waals surface area contributed by atoms with Gasteiger partial charge in [0.15, 0.2) is 11.5 Å². The predicted octanol–water partition coefficient (Wildman–Crippen LogP) is -0.0863. The Morgan fingerprint density at radius 3 is 3.00 bits per heavy atom. The molecule has 1 unspecified atom stereocenters. The van der Waals surface area contributed by atoms with Crippen LogP contribution in [0.1, 0.15) is 18.1 Å². The summed E-state index contributed by atoms with van der Waals surface area (Å²) in [5.41, 5.74) is 5.75. The number of amides is 1. The van der Waals surface area contributed by atoms with Gasteiger partial charge in [0.25, 0.3) is 0 Å². The van der Waals surface area contributed by atoms with E-state index in [9.17, 15) is 9.90 Å². The minimum absolute atomic E-state index is 0.214. The summed E-state index contributed by atoms with van der Waals surface area (Å²) >= 11 is 0. The minimum Gasteiger partial charge on any atom is -0.454 e. The molecule has 1 heterocycles. The van der Waals surface area contributed by atoms with Gasteiger partial charge in [-0.15, -0.1) is 0 Å². The fraction of sp³-hybridized carbons (Fsp3) is 0.417. The SMILES string of the molecule is NC(=O)CCNCC(O)c1ccc2c(c1)OCO2. The molecule has 0 fully saturated rings. The summed E-state index contributed by atoms with van der Waals surface area (Å²) in [6.07, 6.45) is -0.402. The fourth-order valence-corrected chi connectivity index (χ4v) is 1.69. The van der Waals surface area contributed by atoms with Crippen molar-refractivity contribution in [2.24, 2.45) is 5.73 Å². The van der Waals surface area contributed by atoms with Crippen LogP contribution in [0.3, 0.4) is 0 Å². The van der Waals surface area contributed by atoms with Gasteiger partial charge in [-0.2, -0.15) is 0 Å². The zero-order valence-corrected chi connectivity index (χ0v) is 9.89. The summed E-state index contributed by atoms with van der Waals surface area (Å²) in [7, 11) is 0. The number of hydrogen-bond acceptors (Lipinski definition) is 5. The van der Waals surface area contributed by atoms with Gasteiger partial charge in [-0.3, -0.25) is 4.79 Å². The molecular formula is C12H16N2O4. The van der Waals surface area contributed by atoms with Crippen LogP contribution in [0.5, 0.6) is 11.5 Å². The number of benzene rings is 1. The normalized spacial score (nSPS) is 14.5. The van der Waals surface area contributed by atoms with Crippen molar-refractivity contribution in [1.29, 1.82) is 0 Å². The third kappa shape index (κ3) is 3.12. The first-order valence-electron chi connectivity index (χ1n) is 5.73. The van der Waals surface area contributed by atoms with Crippen molar-refractivity contribution in [3.8, 4) is 11.5 Å². The molecular weight excluding hydrogens is 236 g/mol. The van der Waals surface area contributed by atoms with Crippen molar-refractivity contribution in [2.45, 2.75) is 12.5 Å². The minimum atomic E-state index is -0.660. The highest BCUT2D eigenvalue weighted by Crippen LogP contribution is 2.33. The number of nitrogens with two attached hydrogens (primary N) is 1. The number of primary amides is 1. The zero-order chi connectivity index (χ0) is 13.0. The molecule has 0 aliphatic carbocycles. The zero-order valence-electron chi connectivity index (χ0n) is 9.89. The number of aliphatic hydroxyl groups excluding tert-OH is 1. The molecule has 18 heavy (non-hydrogen) atoms. The van der Waals surface area contributed by atoms with Crippen molar-refractivity contribution in [2.75, 3.05) is 19.9 Å². The number of rotatable bonds is 6. The second-order valence-corrected chi connectivity index (χ2v) is 4.05. The van der Waals surface area contributed by atoms with Crippen molar-refractivity contribution >= 4 is 5.91 Å². The van der Waals surface area contributed by atoms with E-state index in [0.29, 0.717) is 24.6 Å². The number of aliphatic hydroxyl groups is 1. The summed E-state index contributed by atoms with van der Waals surface area (Å²) < 4.78 is 10.4. The lowest BCUT2D eigenvalue weighted by Crippen LogP contribution is -2.26. The van der Waals surface area contributed by atoms with Crippen LogP contribution in [0, 0.1) is 0 Å². The third-order valence-electron chi connectivity index (χ3n) is 2.67. The van der Waals surface area contributed by atoms with Crippen LogP contribution in [-0.2, 0) is 4.79 Å². The van der Waals surface area contributed by atoms with Crippen molar-refractivity contribution in [3.63, 3.8) is 0 Å². The van der Waals surface area contributed by atoms with Crippen molar-refractivity contribution in [1.82, 2.24) is 5.32 Å². The molecule has 0 spiro atoms. The first-order chi connectivity index (χ1) is 8.66. The molecule has 1 atom stereocenters. The Morgan fingerprint density at radius 1 is 1.44 bits per heavy atom. The summed E-state index contributed by atoms with van der Waals surface area (Å²) in [5, 5.41) is 12.9. The first-order valence-corrected chi connectivity index (χ1v) is 5.73. The molecule has 4 N–H and O–H groups in total. The number of ether oxygens (including phenoxy) is 2. The second kappa shape index (κ2) is 5.70. The summed E-state index contributed by atoms with van der Waals surface area (Å²) in [5.74, 6) is 0.969. The first kappa shape index (κ1) is 12.7. The molecule has 1 aromatic carbocycles. The molecule has 1 amide bonds. The van der Waals surface area contributed by atoms with E-state index in [4.69, 9.17) is 15.2 Å². The molecule has 0 bridgehead atoms. The van der Waals surface area contributed by atoms with Crippen LogP contribution < -0.4 is 20.5 Å². The van der Waals surface area contributed by atoms with Crippen molar-refractivity contribution < 1.29 is 19.4 Å². The van der Waals surface area contributed by atoms with E-state index in [1.54, 1.807) is 18.2 Å². The van der Waals surface area contributed by atoms with Crippen LogP contribution in [0.2, 0.25) is 0 Å². The summed E-state index contributed by atoms with van der Waals surface area (Å²) in [6, 6.07) is 5.31. The van der Waals surface area contributed by atoms with Gasteiger partial charge in [-0.1, -0.05) is 6.07 Å². The number of fused-ring (bicyclic) bond motifs is 1. The number of carbonyl (C=O) groups excluding carboxylic acids is 1. The van der Waals surface area contributed by atoms with Crippen molar-refractivity contribution in [3.05, 3.63) is 23.8 Å². The number of hydrogen-bond donors (Lipinski definition) is 3. The maximum atomic E-state index is 10.5. The molecule has 6 heteroatoms. The highest BCUT2D eigenvalue weighted by atomic mass is 16.7. The lowest BCUT2D eigenvalue weighted by molar-refractivity contribution is -0.117. The molecule has 0 saturated heterocycles. The van der Waals surface area contributed by atoms with E-state index in [1.165, 1.54) is 0 Å². The largest absolute Gasteiger partial charge is 0.454 e. The highest BCUT2D eigenvalue weighted by molar-refractivity contribution is 5.73. The third-order valence-corrected chi connectivity index (χ3v) is 2.67. The Kier molecular flexibility index (Phi) is 4.01. The number of nitrogens with one attached hydrogen (secondary N) is 1. The van der Waals surface area contributed by atoms with E-state index in [1.807, 2.05) is 0 Å². The molecule has 0 aromatic heterocycles. The Hall–Kier alpha value is -1.79. The topological polar surface area (TPSA) is 93.8 Å².